The number of hydrogen-bond acceptors (Lipinski definition) is 2. The Balaban J connectivity index is 3.97. The van der Waals surface area contributed by atoms with Crippen molar-refractivity contribution in [2.75, 3.05) is 6.61 Å². The maximum Gasteiger partial charge on any atom is 0.191 e. The van der Waals surface area contributed by atoms with Gasteiger partial charge >= 0.3 is 0 Å². The van der Waals surface area contributed by atoms with Crippen molar-refractivity contribution in [1.29, 1.82) is 0 Å². The van der Waals surface area contributed by atoms with Crippen LogP contribution in [0.2, 0.25) is 18.1 Å². The molecule has 0 aromatic carbocycles. The minimum Gasteiger partial charge on any atom is -0.417 e. The van der Waals surface area contributed by atoms with E-state index < -0.39 is 8.32 Å². The van der Waals surface area contributed by atoms with E-state index in [-0.39, 0.29) is 10.8 Å². The van der Waals surface area contributed by atoms with E-state index in [1.165, 1.54) is 5.57 Å². The molecule has 0 heterocycles. The number of allylic oxidation sites excluding steroid dienone is 2. The van der Waals surface area contributed by atoms with E-state index in [9.17, 15) is 4.79 Å². The monoisotopic (exact) mass is 284 g/mol. The summed E-state index contributed by atoms with van der Waals surface area (Å²) in [4.78, 5) is 11.0. The number of unbranched alkanes of at least 4 members (excludes halogenated alkanes) is 1. The molecule has 0 aliphatic carbocycles. The summed E-state index contributed by atoms with van der Waals surface area (Å²) in [5.74, 6) is 0.161. The molecule has 0 aliphatic rings. The summed E-state index contributed by atoms with van der Waals surface area (Å²) in [7, 11) is -1.59. The molecular weight excluding hydrogens is 252 g/mol. The molecule has 0 bridgehead atoms. The molecule has 0 saturated carbocycles. The van der Waals surface area contributed by atoms with Gasteiger partial charge in [0.05, 0.1) is 0 Å². The second kappa shape index (κ2) is 8.00. The van der Waals surface area contributed by atoms with Gasteiger partial charge in [-0.3, -0.25) is 4.79 Å². The first-order valence-electron chi connectivity index (χ1n) is 7.44. The lowest BCUT2D eigenvalue weighted by Gasteiger charge is -2.36. The van der Waals surface area contributed by atoms with E-state index in [1.807, 2.05) is 0 Å². The van der Waals surface area contributed by atoms with E-state index in [1.54, 1.807) is 13.0 Å². The third-order valence-corrected chi connectivity index (χ3v) is 8.56. The predicted octanol–water partition coefficient (Wildman–Crippen LogP) is 5.10. The quantitative estimate of drug-likeness (QED) is 0.352. The van der Waals surface area contributed by atoms with Crippen LogP contribution in [0.4, 0.5) is 0 Å². The van der Waals surface area contributed by atoms with Crippen molar-refractivity contribution in [3.05, 3.63) is 11.6 Å². The highest BCUT2D eigenvalue weighted by molar-refractivity contribution is 6.74. The molecule has 0 saturated heterocycles. The topological polar surface area (TPSA) is 26.3 Å². The van der Waals surface area contributed by atoms with Crippen molar-refractivity contribution < 1.29 is 9.22 Å². The second-order valence-corrected chi connectivity index (χ2v) is 11.6. The molecular formula is C16H32O2Si. The van der Waals surface area contributed by atoms with Crippen molar-refractivity contribution >= 4 is 14.1 Å². The molecule has 0 aromatic rings. The fraction of sp³-hybridized carbons (Fsp3) is 0.812. The lowest BCUT2D eigenvalue weighted by atomic mass is 10.1. The second-order valence-electron chi connectivity index (χ2n) is 6.83. The molecule has 2 nitrogen and oxygen atoms in total. The first-order chi connectivity index (χ1) is 8.60. The zero-order chi connectivity index (χ0) is 15.1. The van der Waals surface area contributed by atoms with Crippen molar-refractivity contribution in [3.8, 4) is 0 Å². The van der Waals surface area contributed by atoms with Gasteiger partial charge in [-0.2, -0.15) is 0 Å². The molecule has 0 amide bonds. The Bertz CT molecular complexity index is 311. The van der Waals surface area contributed by atoms with Crippen LogP contribution in [-0.2, 0) is 9.22 Å². The molecule has 112 valence electrons. The minimum atomic E-state index is -1.59. The van der Waals surface area contributed by atoms with Gasteiger partial charge in [-0.05, 0) is 56.8 Å². The van der Waals surface area contributed by atoms with E-state index in [2.05, 4.69) is 40.8 Å². The third-order valence-electron chi connectivity index (χ3n) is 4.02. The average molecular weight is 285 g/mol. The first kappa shape index (κ1) is 18.6. The Labute approximate surface area is 120 Å². The van der Waals surface area contributed by atoms with Crippen molar-refractivity contribution in [2.45, 2.75) is 78.4 Å². The molecule has 19 heavy (non-hydrogen) atoms. The maximum absolute atomic E-state index is 11.0. The maximum atomic E-state index is 11.0. The summed E-state index contributed by atoms with van der Waals surface area (Å²) >= 11 is 0. The molecule has 0 fully saturated rings. The van der Waals surface area contributed by atoms with Crippen LogP contribution >= 0.6 is 0 Å². The van der Waals surface area contributed by atoms with Gasteiger partial charge in [-0.25, -0.2) is 0 Å². The van der Waals surface area contributed by atoms with E-state index in [0.717, 1.165) is 32.3 Å². The van der Waals surface area contributed by atoms with E-state index >= 15 is 0 Å². The average Bonchev–Trinajstić information content (AvgIpc) is 2.24. The largest absolute Gasteiger partial charge is 0.417 e. The molecule has 0 spiro atoms. The van der Waals surface area contributed by atoms with Crippen LogP contribution in [0, 0.1) is 0 Å². The van der Waals surface area contributed by atoms with Crippen LogP contribution in [-0.4, -0.2) is 20.7 Å². The minimum absolute atomic E-state index is 0.161. The fourth-order valence-corrected chi connectivity index (χ4v) is 2.72. The lowest BCUT2D eigenvalue weighted by molar-refractivity contribution is -0.112. The molecule has 0 rings (SSSR count). The number of ketones is 1. The Kier molecular flexibility index (Phi) is 7.83. The highest BCUT2D eigenvalue weighted by atomic mass is 28.4. The molecule has 3 heteroatoms. The predicted molar refractivity (Wildman–Crippen MR) is 86.1 cm³/mol. The lowest BCUT2D eigenvalue weighted by Crippen LogP contribution is -2.40. The SMILES string of the molecule is CC/C(=C\C(C)=O)CCCCO[Si](C)(C)C(C)(C)C. The van der Waals surface area contributed by atoms with Crippen molar-refractivity contribution in [1.82, 2.24) is 0 Å². The molecule has 0 aromatic heterocycles. The zero-order valence-electron chi connectivity index (χ0n) is 13.9. The van der Waals surface area contributed by atoms with Crippen LogP contribution < -0.4 is 0 Å². The van der Waals surface area contributed by atoms with E-state index in [4.69, 9.17) is 4.43 Å². The van der Waals surface area contributed by atoms with Gasteiger partial charge in [-0.1, -0.05) is 33.3 Å². The Morgan fingerprint density at radius 3 is 2.21 bits per heavy atom. The van der Waals surface area contributed by atoms with Crippen LogP contribution in [0.1, 0.15) is 60.3 Å². The summed E-state index contributed by atoms with van der Waals surface area (Å²) < 4.78 is 6.14. The number of hydrogen-bond donors (Lipinski definition) is 0. The zero-order valence-corrected chi connectivity index (χ0v) is 14.9. The Morgan fingerprint density at radius 2 is 1.79 bits per heavy atom. The van der Waals surface area contributed by atoms with Crippen LogP contribution in [0.5, 0.6) is 0 Å². The standard InChI is InChI=1S/C16H32O2Si/c1-8-15(13-14(2)17)11-9-10-12-18-19(6,7)16(3,4)5/h13H,8-12H2,1-7H3/b15-13+. The van der Waals surface area contributed by atoms with Crippen LogP contribution in [0.3, 0.4) is 0 Å². The third kappa shape index (κ3) is 7.68. The Morgan fingerprint density at radius 1 is 1.21 bits per heavy atom. The van der Waals surface area contributed by atoms with E-state index in [0.29, 0.717) is 0 Å². The van der Waals surface area contributed by atoms with Gasteiger partial charge in [0.15, 0.2) is 14.1 Å². The number of rotatable bonds is 8. The molecule has 0 unspecified atom stereocenters. The number of carbonyl (C=O) groups excluding carboxylic acids is 1. The summed E-state index contributed by atoms with van der Waals surface area (Å²) in [6.07, 6.45) is 5.98. The summed E-state index contributed by atoms with van der Waals surface area (Å²) in [5, 5.41) is 0.288. The van der Waals surface area contributed by atoms with Gasteiger partial charge < -0.3 is 4.43 Å². The molecule has 0 N–H and O–H groups in total. The summed E-state index contributed by atoms with van der Waals surface area (Å²) in [5.41, 5.74) is 1.26. The van der Waals surface area contributed by atoms with Gasteiger partial charge in [0.1, 0.15) is 0 Å². The van der Waals surface area contributed by atoms with Crippen molar-refractivity contribution in [3.63, 3.8) is 0 Å². The van der Waals surface area contributed by atoms with Crippen LogP contribution in [0.25, 0.3) is 0 Å². The molecule has 0 radical (unpaired) electrons. The van der Waals surface area contributed by atoms with Crippen molar-refractivity contribution in [2.24, 2.45) is 0 Å². The highest BCUT2D eigenvalue weighted by Crippen LogP contribution is 2.36. The molecule has 0 atom stereocenters. The first-order valence-corrected chi connectivity index (χ1v) is 10.3. The summed E-state index contributed by atoms with van der Waals surface area (Å²) in [6.45, 7) is 16.0. The smallest absolute Gasteiger partial charge is 0.191 e. The van der Waals surface area contributed by atoms with Gasteiger partial charge in [0.25, 0.3) is 0 Å². The fourth-order valence-electron chi connectivity index (χ4n) is 1.64. The van der Waals surface area contributed by atoms with Crippen LogP contribution in [0.15, 0.2) is 11.6 Å². The summed E-state index contributed by atoms with van der Waals surface area (Å²) in [6, 6.07) is 0. The molecule has 0 aliphatic heterocycles. The normalized spacial score (nSPS) is 13.7. The van der Waals surface area contributed by atoms with Gasteiger partial charge in [-0.15, -0.1) is 0 Å². The van der Waals surface area contributed by atoms with Gasteiger partial charge in [0, 0.05) is 6.61 Å². The Hall–Kier alpha value is -0.413. The highest BCUT2D eigenvalue weighted by Gasteiger charge is 2.36. The number of carbonyl (C=O) groups is 1. The van der Waals surface area contributed by atoms with Gasteiger partial charge in [0.2, 0.25) is 0 Å².